The van der Waals surface area contributed by atoms with Crippen LogP contribution in [0.2, 0.25) is 0 Å². The van der Waals surface area contributed by atoms with Gasteiger partial charge in [0.25, 0.3) is 0 Å². The van der Waals surface area contributed by atoms with Gasteiger partial charge in [0, 0.05) is 37.8 Å². The average Bonchev–Trinajstić information content (AvgIpc) is 2.68. The van der Waals surface area contributed by atoms with E-state index in [9.17, 15) is 4.79 Å². The number of imidazole rings is 1. The standard InChI is InChI=1S/C10H15N3O2/c14-10(15)3-5-11-4-1-2-7-13-8-6-12-9-13/h3,5-6,8-9,11H,1-2,4,7H2,(H,14,15)/b5-3+. The van der Waals surface area contributed by atoms with E-state index in [1.165, 1.54) is 6.20 Å². The minimum Gasteiger partial charge on any atom is -0.478 e. The third-order valence-electron chi connectivity index (χ3n) is 1.89. The third kappa shape index (κ3) is 5.51. The number of nitrogens with one attached hydrogen (secondary N) is 1. The Hall–Kier alpha value is -1.78. The van der Waals surface area contributed by atoms with Crippen LogP contribution in [0.4, 0.5) is 0 Å². The van der Waals surface area contributed by atoms with Gasteiger partial charge in [0.2, 0.25) is 0 Å². The fraction of sp³-hybridized carbons (Fsp3) is 0.400. The number of aliphatic carboxylic acids is 1. The van der Waals surface area contributed by atoms with Crippen molar-refractivity contribution in [2.24, 2.45) is 0 Å². The monoisotopic (exact) mass is 209 g/mol. The summed E-state index contributed by atoms with van der Waals surface area (Å²) in [6.07, 6.45) is 10.1. The molecule has 0 unspecified atom stereocenters. The molecule has 0 saturated heterocycles. The second-order valence-corrected chi connectivity index (χ2v) is 3.13. The molecule has 0 spiro atoms. The minimum atomic E-state index is -0.930. The molecule has 0 aliphatic carbocycles. The van der Waals surface area contributed by atoms with E-state index < -0.39 is 5.97 Å². The Labute approximate surface area is 88.4 Å². The van der Waals surface area contributed by atoms with E-state index >= 15 is 0 Å². The van der Waals surface area contributed by atoms with Crippen LogP contribution in [0.15, 0.2) is 31.0 Å². The zero-order valence-corrected chi connectivity index (χ0v) is 8.47. The van der Waals surface area contributed by atoms with Gasteiger partial charge in [-0.2, -0.15) is 0 Å². The third-order valence-corrected chi connectivity index (χ3v) is 1.89. The van der Waals surface area contributed by atoms with Crippen molar-refractivity contribution in [1.29, 1.82) is 0 Å². The van der Waals surface area contributed by atoms with E-state index in [4.69, 9.17) is 5.11 Å². The molecule has 5 heteroatoms. The van der Waals surface area contributed by atoms with Gasteiger partial charge in [0.15, 0.2) is 0 Å². The number of unbranched alkanes of at least 4 members (excludes halogenated alkanes) is 1. The number of carbonyl (C=O) groups is 1. The fourth-order valence-electron chi connectivity index (χ4n) is 1.15. The molecule has 2 N–H and O–H groups in total. The predicted molar refractivity (Wildman–Crippen MR) is 56.2 cm³/mol. The van der Waals surface area contributed by atoms with Crippen molar-refractivity contribution in [3.05, 3.63) is 31.0 Å². The molecular weight excluding hydrogens is 194 g/mol. The molecule has 0 aliphatic heterocycles. The van der Waals surface area contributed by atoms with Gasteiger partial charge in [0.05, 0.1) is 6.33 Å². The van der Waals surface area contributed by atoms with Crippen molar-refractivity contribution < 1.29 is 9.90 Å². The predicted octanol–water partition coefficient (Wildman–Crippen LogP) is 0.851. The number of hydrogen-bond acceptors (Lipinski definition) is 3. The molecular formula is C10H15N3O2. The average molecular weight is 209 g/mol. The van der Waals surface area contributed by atoms with Crippen LogP contribution in [0.1, 0.15) is 12.8 Å². The molecule has 0 fully saturated rings. The molecule has 0 saturated carbocycles. The van der Waals surface area contributed by atoms with Gasteiger partial charge < -0.3 is 15.0 Å². The summed E-state index contributed by atoms with van der Waals surface area (Å²) >= 11 is 0. The number of carboxylic acid groups (broad SMARTS) is 1. The Kier molecular flexibility index (Phi) is 5.00. The van der Waals surface area contributed by atoms with Crippen LogP contribution in [0.3, 0.4) is 0 Å². The van der Waals surface area contributed by atoms with Gasteiger partial charge in [-0.15, -0.1) is 0 Å². The van der Waals surface area contributed by atoms with Crippen molar-refractivity contribution in [3.63, 3.8) is 0 Å². The van der Waals surface area contributed by atoms with Crippen LogP contribution in [0.5, 0.6) is 0 Å². The number of carboxylic acids is 1. The largest absolute Gasteiger partial charge is 0.478 e. The summed E-state index contributed by atoms with van der Waals surface area (Å²) in [6.45, 7) is 1.74. The highest BCUT2D eigenvalue weighted by atomic mass is 16.4. The van der Waals surface area contributed by atoms with Crippen LogP contribution >= 0.6 is 0 Å². The summed E-state index contributed by atoms with van der Waals surface area (Å²) in [4.78, 5) is 14.0. The quantitative estimate of drug-likeness (QED) is 0.516. The minimum absolute atomic E-state index is 0.790. The topological polar surface area (TPSA) is 67.2 Å². The van der Waals surface area contributed by atoms with Crippen LogP contribution < -0.4 is 5.32 Å². The molecule has 5 nitrogen and oxygen atoms in total. The number of aryl methyl sites for hydroxylation is 1. The SMILES string of the molecule is O=C(O)/C=C/NCCCCn1ccnc1. The number of aromatic nitrogens is 2. The lowest BCUT2D eigenvalue weighted by molar-refractivity contribution is -0.131. The summed E-state index contributed by atoms with van der Waals surface area (Å²) in [5.41, 5.74) is 0. The maximum atomic E-state index is 10.1. The Morgan fingerprint density at radius 3 is 3.07 bits per heavy atom. The summed E-state index contributed by atoms with van der Waals surface area (Å²) in [6, 6.07) is 0. The van der Waals surface area contributed by atoms with Crippen LogP contribution in [0.25, 0.3) is 0 Å². The summed E-state index contributed by atoms with van der Waals surface area (Å²) in [7, 11) is 0. The van der Waals surface area contributed by atoms with E-state index in [1.54, 1.807) is 12.5 Å². The number of rotatable bonds is 7. The molecule has 1 rings (SSSR count). The Balaban J connectivity index is 1.96. The first-order chi connectivity index (χ1) is 7.29. The van der Waals surface area contributed by atoms with Gasteiger partial charge >= 0.3 is 5.97 Å². The van der Waals surface area contributed by atoms with Crippen LogP contribution in [-0.2, 0) is 11.3 Å². The summed E-state index contributed by atoms with van der Waals surface area (Å²) < 4.78 is 2.02. The Morgan fingerprint density at radius 1 is 1.53 bits per heavy atom. The zero-order chi connectivity index (χ0) is 10.9. The van der Waals surface area contributed by atoms with Crippen molar-refractivity contribution in [2.45, 2.75) is 19.4 Å². The number of nitrogens with zero attached hydrogens (tertiary/aromatic N) is 2. The van der Waals surface area contributed by atoms with Crippen molar-refractivity contribution >= 4 is 5.97 Å². The zero-order valence-electron chi connectivity index (χ0n) is 8.47. The first-order valence-electron chi connectivity index (χ1n) is 4.87. The number of hydrogen-bond donors (Lipinski definition) is 2. The van der Waals surface area contributed by atoms with Crippen molar-refractivity contribution in [3.8, 4) is 0 Å². The van der Waals surface area contributed by atoms with Crippen molar-refractivity contribution in [1.82, 2.24) is 14.9 Å². The molecule has 1 aromatic rings. The van der Waals surface area contributed by atoms with Crippen LogP contribution in [0, 0.1) is 0 Å². The summed E-state index contributed by atoms with van der Waals surface area (Å²) in [5, 5.41) is 11.2. The Bertz CT molecular complexity index is 306. The van der Waals surface area contributed by atoms with E-state index in [1.807, 2.05) is 10.8 Å². The molecule has 0 amide bonds. The van der Waals surface area contributed by atoms with Gasteiger partial charge in [-0.3, -0.25) is 0 Å². The molecule has 1 heterocycles. The van der Waals surface area contributed by atoms with Gasteiger partial charge in [-0.25, -0.2) is 9.78 Å². The van der Waals surface area contributed by atoms with Gasteiger partial charge in [-0.1, -0.05) is 0 Å². The highest BCUT2D eigenvalue weighted by Gasteiger charge is 1.90. The van der Waals surface area contributed by atoms with E-state index in [-0.39, 0.29) is 0 Å². The Morgan fingerprint density at radius 2 is 2.40 bits per heavy atom. The molecule has 0 bridgehead atoms. The highest BCUT2D eigenvalue weighted by Crippen LogP contribution is 1.93. The van der Waals surface area contributed by atoms with Gasteiger partial charge in [-0.05, 0) is 12.8 Å². The lowest BCUT2D eigenvalue weighted by Gasteiger charge is -2.02. The maximum absolute atomic E-state index is 10.1. The van der Waals surface area contributed by atoms with Gasteiger partial charge in [0.1, 0.15) is 0 Å². The molecule has 0 atom stereocenters. The molecule has 15 heavy (non-hydrogen) atoms. The second-order valence-electron chi connectivity index (χ2n) is 3.13. The van der Waals surface area contributed by atoms with E-state index in [2.05, 4.69) is 10.3 Å². The molecule has 0 aliphatic rings. The second kappa shape index (κ2) is 6.64. The normalized spacial score (nSPS) is 10.7. The molecule has 1 aromatic heterocycles. The first kappa shape index (κ1) is 11.3. The molecule has 82 valence electrons. The van der Waals surface area contributed by atoms with E-state index in [0.29, 0.717) is 0 Å². The lowest BCUT2D eigenvalue weighted by atomic mass is 10.3. The van der Waals surface area contributed by atoms with Crippen molar-refractivity contribution in [2.75, 3.05) is 6.54 Å². The van der Waals surface area contributed by atoms with Crippen LogP contribution in [-0.4, -0.2) is 27.2 Å². The highest BCUT2D eigenvalue weighted by molar-refractivity contribution is 5.79. The summed E-state index contributed by atoms with van der Waals surface area (Å²) in [5.74, 6) is -0.930. The smallest absolute Gasteiger partial charge is 0.329 e. The molecule has 0 aromatic carbocycles. The fourth-order valence-corrected chi connectivity index (χ4v) is 1.15. The first-order valence-corrected chi connectivity index (χ1v) is 4.87. The lowest BCUT2D eigenvalue weighted by Crippen LogP contribution is -2.08. The molecule has 0 radical (unpaired) electrons. The maximum Gasteiger partial charge on any atom is 0.329 e. The van der Waals surface area contributed by atoms with E-state index in [0.717, 1.165) is 32.0 Å².